The molecule has 4 heteroatoms. The second-order valence-corrected chi connectivity index (χ2v) is 5.73. The second kappa shape index (κ2) is 7.29. The number of aliphatic hydroxyl groups excluding tert-OH is 1. The molecule has 0 saturated carbocycles. The summed E-state index contributed by atoms with van der Waals surface area (Å²) in [7, 11) is 0. The van der Waals surface area contributed by atoms with E-state index < -0.39 is 0 Å². The number of para-hydroxylation sites is 1. The average molecular weight is 279 g/mol. The lowest BCUT2D eigenvalue weighted by Crippen LogP contribution is -2.44. The number of carbonyl (C=O) groups is 1. The summed E-state index contributed by atoms with van der Waals surface area (Å²) in [5.41, 5.74) is 1.77. The van der Waals surface area contributed by atoms with Gasteiger partial charge in [-0.3, -0.25) is 4.79 Å². The van der Waals surface area contributed by atoms with Crippen LogP contribution in [0.25, 0.3) is 0 Å². The number of carbonyl (C=O) groups excluding carboxylic acids is 1. The Morgan fingerprint density at radius 2 is 1.90 bits per heavy atom. The molecule has 0 spiro atoms. The molecule has 0 heterocycles. The number of nitrogens with one attached hydrogen (secondary N) is 1. The lowest BCUT2D eigenvalue weighted by atomic mass is 10.0. The fourth-order valence-electron chi connectivity index (χ4n) is 2.05. The van der Waals surface area contributed by atoms with E-state index in [0.717, 1.165) is 16.9 Å². The van der Waals surface area contributed by atoms with Gasteiger partial charge in [0.2, 0.25) is 5.91 Å². The highest BCUT2D eigenvalue weighted by atomic mass is 16.5. The number of ether oxygens (including phenoxy) is 1. The van der Waals surface area contributed by atoms with Gasteiger partial charge in [-0.1, -0.05) is 18.2 Å². The lowest BCUT2D eigenvalue weighted by Gasteiger charge is -2.25. The summed E-state index contributed by atoms with van der Waals surface area (Å²) < 4.78 is 5.70. The van der Waals surface area contributed by atoms with E-state index in [-0.39, 0.29) is 18.1 Å². The van der Waals surface area contributed by atoms with Gasteiger partial charge in [0, 0.05) is 12.1 Å². The van der Waals surface area contributed by atoms with Crippen molar-refractivity contribution in [1.29, 1.82) is 0 Å². The van der Waals surface area contributed by atoms with E-state index in [1.54, 1.807) is 0 Å². The van der Waals surface area contributed by atoms with Crippen LogP contribution in [0.4, 0.5) is 0 Å². The molecule has 1 rings (SSSR count). The molecule has 0 aliphatic rings. The van der Waals surface area contributed by atoms with Crippen LogP contribution in [0, 0.1) is 13.8 Å². The smallest absolute Gasteiger partial charge is 0.223 e. The maximum absolute atomic E-state index is 11.8. The molecule has 0 fully saturated rings. The highest BCUT2D eigenvalue weighted by Crippen LogP contribution is 2.22. The first-order chi connectivity index (χ1) is 9.35. The van der Waals surface area contributed by atoms with E-state index in [9.17, 15) is 4.79 Å². The third-order valence-corrected chi connectivity index (χ3v) is 3.20. The van der Waals surface area contributed by atoms with Gasteiger partial charge >= 0.3 is 0 Å². The number of aryl methyl sites for hydroxylation is 2. The summed E-state index contributed by atoms with van der Waals surface area (Å²) >= 11 is 0. The molecule has 1 amide bonds. The average Bonchev–Trinajstić information content (AvgIpc) is 2.32. The van der Waals surface area contributed by atoms with E-state index in [0.29, 0.717) is 19.4 Å². The Balaban J connectivity index is 2.43. The predicted molar refractivity (Wildman–Crippen MR) is 80.0 cm³/mol. The second-order valence-electron chi connectivity index (χ2n) is 5.73. The monoisotopic (exact) mass is 279 g/mol. The molecule has 0 atom stereocenters. The third kappa shape index (κ3) is 5.21. The van der Waals surface area contributed by atoms with Gasteiger partial charge in [0.05, 0.1) is 13.0 Å². The van der Waals surface area contributed by atoms with Crippen LogP contribution in [0.1, 0.15) is 37.8 Å². The SMILES string of the molecule is Cc1cccc(C)c1OCCC(=O)NC(C)(C)CCO. The van der Waals surface area contributed by atoms with E-state index in [4.69, 9.17) is 9.84 Å². The van der Waals surface area contributed by atoms with E-state index in [1.165, 1.54) is 0 Å². The topological polar surface area (TPSA) is 58.6 Å². The number of benzene rings is 1. The summed E-state index contributed by atoms with van der Waals surface area (Å²) in [5, 5.41) is 11.8. The van der Waals surface area contributed by atoms with Crippen molar-refractivity contribution in [3.8, 4) is 5.75 Å². The van der Waals surface area contributed by atoms with Crippen LogP contribution in [0.5, 0.6) is 5.75 Å². The number of hydrogen-bond donors (Lipinski definition) is 2. The van der Waals surface area contributed by atoms with Crippen molar-refractivity contribution in [1.82, 2.24) is 5.32 Å². The number of amides is 1. The molecular weight excluding hydrogens is 254 g/mol. The van der Waals surface area contributed by atoms with Gasteiger partial charge in [0.1, 0.15) is 5.75 Å². The zero-order valence-corrected chi connectivity index (χ0v) is 12.8. The molecule has 0 unspecified atom stereocenters. The summed E-state index contributed by atoms with van der Waals surface area (Å²) in [6.45, 7) is 8.19. The van der Waals surface area contributed by atoms with Gasteiger partial charge in [-0.25, -0.2) is 0 Å². The molecular formula is C16H25NO3. The van der Waals surface area contributed by atoms with Crippen molar-refractivity contribution in [3.05, 3.63) is 29.3 Å². The first kappa shape index (κ1) is 16.5. The molecule has 0 radical (unpaired) electrons. The molecule has 0 aliphatic heterocycles. The minimum absolute atomic E-state index is 0.0605. The highest BCUT2D eigenvalue weighted by molar-refractivity contribution is 5.76. The number of rotatable bonds is 7. The summed E-state index contributed by atoms with van der Waals surface area (Å²) in [6.07, 6.45) is 0.846. The van der Waals surface area contributed by atoms with Crippen molar-refractivity contribution in [2.75, 3.05) is 13.2 Å². The quantitative estimate of drug-likeness (QED) is 0.805. The van der Waals surface area contributed by atoms with Crippen molar-refractivity contribution in [2.45, 2.75) is 46.1 Å². The Labute approximate surface area is 121 Å². The van der Waals surface area contributed by atoms with Gasteiger partial charge in [-0.2, -0.15) is 0 Å². The lowest BCUT2D eigenvalue weighted by molar-refractivity contribution is -0.123. The van der Waals surface area contributed by atoms with Crippen LogP contribution < -0.4 is 10.1 Å². The van der Waals surface area contributed by atoms with Crippen molar-refractivity contribution >= 4 is 5.91 Å². The zero-order valence-electron chi connectivity index (χ0n) is 12.8. The molecule has 1 aromatic rings. The molecule has 0 bridgehead atoms. The number of aliphatic hydroxyl groups is 1. The Morgan fingerprint density at radius 1 is 1.30 bits per heavy atom. The van der Waals surface area contributed by atoms with Crippen molar-refractivity contribution in [3.63, 3.8) is 0 Å². The van der Waals surface area contributed by atoms with E-state index >= 15 is 0 Å². The maximum atomic E-state index is 11.8. The fourth-order valence-corrected chi connectivity index (χ4v) is 2.05. The van der Waals surface area contributed by atoms with Crippen molar-refractivity contribution < 1.29 is 14.6 Å². The summed E-state index contributed by atoms with van der Waals surface area (Å²) in [4.78, 5) is 11.8. The van der Waals surface area contributed by atoms with Crippen LogP contribution in [0.3, 0.4) is 0 Å². The molecule has 112 valence electrons. The van der Waals surface area contributed by atoms with Gasteiger partial charge in [0.15, 0.2) is 0 Å². The Bertz CT molecular complexity index is 435. The van der Waals surface area contributed by atoms with E-state index in [1.807, 2.05) is 45.9 Å². The Morgan fingerprint density at radius 3 is 2.45 bits per heavy atom. The maximum Gasteiger partial charge on any atom is 0.223 e. The minimum atomic E-state index is -0.385. The first-order valence-electron chi connectivity index (χ1n) is 6.96. The van der Waals surface area contributed by atoms with Crippen LogP contribution in [0.2, 0.25) is 0 Å². The molecule has 0 aliphatic carbocycles. The summed E-state index contributed by atoms with van der Waals surface area (Å²) in [5.74, 6) is 0.796. The normalized spacial score (nSPS) is 11.2. The standard InChI is InChI=1S/C16H25NO3/c1-12-6-5-7-13(2)15(12)20-11-8-14(19)17-16(3,4)9-10-18/h5-7,18H,8-11H2,1-4H3,(H,17,19). The molecule has 0 saturated heterocycles. The van der Waals surface area contributed by atoms with Crippen LogP contribution in [-0.4, -0.2) is 29.8 Å². The number of hydrogen-bond acceptors (Lipinski definition) is 3. The third-order valence-electron chi connectivity index (χ3n) is 3.20. The molecule has 2 N–H and O–H groups in total. The van der Waals surface area contributed by atoms with Crippen LogP contribution in [0.15, 0.2) is 18.2 Å². The summed E-state index contributed by atoms with van der Waals surface area (Å²) in [6, 6.07) is 5.97. The van der Waals surface area contributed by atoms with Crippen LogP contribution >= 0.6 is 0 Å². The van der Waals surface area contributed by atoms with E-state index in [2.05, 4.69) is 5.32 Å². The molecule has 1 aromatic carbocycles. The zero-order chi connectivity index (χ0) is 15.2. The highest BCUT2D eigenvalue weighted by Gasteiger charge is 2.19. The minimum Gasteiger partial charge on any atom is -0.493 e. The van der Waals surface area contributed by atoms with Gasteiger partial charge in [0.25, 0.3) is 0 Å². The van der Waals surface area contributed by atoms with Gasteiger partial charge < -0.3 is 15.2 Å². The Hall–Kier alpha value is -1.55. The molecule has 4 nitrogen and oxygen atoms in total. The molecule has 0 aromatic heterocycles. The predicted octanol–water partition coefficient (Wildman–Crippen LogP) is 2.35. The van der Waals surface area contributed by atoms with Crippen LogP contribution in [-0.2, 0) is 4.79 Å². The Kier molecular flexibility index (Phi) is 6.02. The van der Waals surface area contributed by atoms with Crippen molar-refractivity contribution in [2.24, 2.45) is 0 Å². The largest absolute Gasteiger partial charge is 0.493 e. The van der Waals surface area contributed by atoms with Gasteiger partial charge in [-0.15, -0.1) is 0 Å². The first-order valence-corrected chi connectivity index (χ1v) is 6.96. The molecule has 20 heavy (non-hydrogen) atoms. The van der Waals surface area contributed by atoms with Gasteiger partial charge in [-0.05, 0) is 45.2 Å². The fraction of sp³-hybridized carbons (Fsp3) is 0.562.